The molecule has 54 heavy (non-hydrogen) atoms. The zero-order valence-corrected chi connectivity index (χ0v) is 36.0. The second kappa shape index (κ2) is 29.6. The molecule has 0 aliphatic heterocycles. The van der Waals surface area contributed by atoms with Crippen molar-refractivity contribution in [1.82, 2.24) is 16.0 Å². The smallest absolute Gasteiger partial charge is 0.224 e. The summed E-state index contributed by atoms with van der Waals surface area (Å²) in [6, 6.07) is 0.560. The Kier molecular flexibility index (Phi) is 25.7. The molecule has 0 spiro atoms. The molecule has 0 aromatic carbocycles. The third kappa shape index (κ3) is 21.1. The van der Waals surface area contributed by atoms with Gasteiger partial charge in [-0.15, -0.1) is 0 Å². The summed E-state index contributed by atoms with van der Waals surface area (Å²) < 4.78 is 0. The molecular formula is C48H89N3O3. The first-order chi connectivity index (χ1) is 26.4. The maximum atomic E-state index is 13.8. The Morgan fingerprint density at radius 3 is 0.981 bits per heavy atom. The third-order valence-electron chi connectivity index (χ3n) is 13.7. The predicted octanol–water partition coefficient (Wildman–Crippen LogP) is 12.7. The highest BCUT2D eigenvalue weighted by Gasteiger charge is 2.31. The molecule has 0 atom stereocenters. The molecule has 3 saturated carbocycles. The number of carbonyl (C=O) groups excluding carboxylic acids is 3. The minimum atomic E-state index is -0.612. The lowest BCUT2D eigenvalue weighted by Crippen LogP contribution is -2.46. The van der Waals surface area contributed by atoms with Gasteiger partial charge in [0.1, 0.15) is 0 Å². The lowest BCUT2D eigenvalue weighted by molar-refractivity contribution is -0.134. The zero-order chi connectivity index (χ0) is 38.6. The monoisotopic (exact) mass is 756 g/mol. The van der Waals surface area contributed by atoms with Crippen molar-refractivity contribution in [3.63, 3.8) is 0 Å². The van der Waals surface area contributed by atoms with Crippen molar-refractivity contribution in [3.8, 4) is 0 Å². The number of hydrogen-bond acceptors (Lipinski definition) is 3. The maximum Gasteiger partial charge on any atom is 0.224 e. The van der Waals surface area contributed by atoms with Crippen LogP contribution in [0.3, 0.4) is 0 Å². The van der Waals surface area contributed by atoms with E-state index in [1.54, 1.807) is 0 Å². The van der Waals surface area contributed by atoms with E-state index in [1.807, 2.05) is 0 Å². The highest BCUT2D eigenvalue weighted by Crippen LogP contribution is 2.32. The fourth-order valence-electron chi connectivity index (χ4n) is 10.0. The van der Waals surface area contributed by atoms with Crippen LogP contribution in [0.4, 0.5) is 0 Å². The summed E-state index contributed by atoms with van der Waals surface area (Å²) in [5.74, 6) is 1.54. The quantitative estimate of drug-likeness (QED) is 0.0664. The molecule has 0 radical (unpaired) electrons. The fraction of sp³-hybridized carbons (Fsp3) is 0.938. The second-order valence-electron chi connectivity index (χ2n) is 18.6. The highest BCUT2D eigenvalue weighted by atomic mass is 16.2. The van der Waals surface area contributed by atoms with Crippen LogP contribution in [-0.2, 0) is 14.4 Å². The van der Waals surface area contributed by atoms with Crippen LogP contribution in [0.5, 0.6) is 0 Å². The molecule has 3 fully saturated rings. The van der Waals surface area contributed by atoms with Gasteiger partial charge >= 0.3 is 0 Å². The lowest BCUT2D eigenvalue weighted by Gasteiger charge is -2.31. The van der Waals surface area contributed by atoms with Gasteiger partial charge in [-0.3, -0.25) is 14.4 Å². The standard InChI is InChI=1S/C48H89N3O3/c1-4-7-10-13-16-19-22-39-25-31-43(32-26-39)49-46(52)37-42(48(54)51-45-35-29-41(30-36-45)24-21-18-15-12-9-6-3)38-47(53)50-44-33-27-40(28-34-44)23-20-17-14-11-8-5-2/h39-45H,4-38H2,1-3H3,(H,49,52)(H,50,53)(H,51,54). The third-order valence-corrected chi connectivity index (χ3v) is 13.7. The summed E-state index contributed by atoms with van der Waals surface area (Å²) in [5, 5.41) is 9.93. The summed E-state index contributed by atoms with van der Waals surface area (Å²) in [6.45, 7) is 6.82. The molecule has 0 aromatic rings. The molecule has 6 nitrogen and oxygen atoms in total. The van der Waals surface area contributed by atoms with Crippen molar-refractivity contribution >= 4 is 17.7 Å². The molecule has 0 unspecified atom stereocenters. The first-order valence-electron chi connectivity index (χ1n) is 24.3. The molecule has 3 N–H and O–H groups in total. The average molecular weight is 756 g/mol. The van der Waals surface area contributed by atoms with E-state index >= 15 is 0 Å². The van der Waals surface area contributed by atoms with Crippen LogP contribution < -0.4 is 16.0 Å². The van der Waals surface area contributed by atoms with E-state index in [9.17, 15) is 14.4 Å². The molecule has 3 rings (SSSR count). The van der Waals surface area contributed by atoms with Gasteiger partial charge in [-0.1, -0.05) is 156 Å². The molecule has 3 aliphatic rings. The Morgan fingerprint density at radius 2 is 0.667 bits per heavy atom. The topological polar surface area (TPSA) is 87.3 Å². The Hall–Kier alpha value is -1.59. The molecule has 314 valence electrons. The molecule has 0 saturated heterocycles. The van der Waals surface area contributed by atoms with Crippen molar-refractivity contribution in [3.05, 3.63) is 0 Å². The van der Waals surface area contributed by atoms with Gasteiger partial charge in [0.15, 0.2) is 0 Å². The molecule has 3 amide bonds. The Balaban J connectivity index is 1.43. The average Bonchev–Trinajstić information content (AvgIpc) is 3.17. The predicted molar refractivity (Wildman–Crippen MR) is 228 cm³/mol. The van der Waals surface area contributed by atoms with Crippen LogP contribution in [0, 0.1) is 23.7 Å². The summed E-state index contributed by atoms with van der Waals surface area (Å²) >= 11 is 0. The van der Waals surface area contributed by atoms with Crippen LogP contribution in [-0.4, -0.2) is 35.8 Å². The number of nitrogens with one attached hydrogen (secondary N) is 3. The fourth-order valence-corrected chi connectivity index (χ4v) is 10.0. The summed E-state index contributed by atoms with van der Waals surface area (Å²) in [6.07, 6.45) is 41.7. The largest absolute Gasteiger partial charge is 0.353 e. The molecular weight excluding hydrogens is 667 g/mol. The highest BCUT2D eigenvalue weighted by molar-refractivity contribution is 5.90. The van der Waals surface area contributed by atoms with E-state index in [-0.39, 0.29) is 48.7 Å². The van der Waals surface area contributed by atoms with Gasteiger partial charge in [-0.25, -0.2) is 0 Å². The lowest BCUT2D eigenvalue weighted by atomic mass is 9.82. The van der Waals surface area contributed by atoms with Gasteiger partial charge in [0.05, 0.1) is 5.92 Å². The van der Waals surface area contributed by atoms with Crippen molar-refractivity contribution in [2.75, 3.05) is 0 Å². The minimum Gasteiger partial charge on any atom is -0.353 e. The van der Waals surface area contributed by atoms with Gasteiger partial charge in [0, 0.05) is 31.0 Å². The minimum absolute atomic E-state index is 0.0554. The van der Waals surface area contributed by atoms with E-state index in [0.717, 1.165) is 56.3 Å². The van der Waals surface area contributed by atoms with E-state index in [1.165, 1.54) is 173 Å². The van der Waals surface area contributed by atoms with Crippen LogP contribution in [0.1, 0.15) is 245 Å². The van der Waals surface area contributed by atoms with Gasteiger partial charge in [-0.2, -0.15) is 0 Å². The summed E-state index contributed by atoms with van der Waals surface area (Å²) in [4.78, 5) is 40.8. The first-order valence-corrected chi connectivity index (χ1v) is 24.3. The maximum absolute atomic E-state index is 13.8. The van der Waals surface area contributed by atoms with Crippen LogP contribution >= 0.6 is 0 Å². The summed E-state index contributed by atoms with van der Waals surface area (Å²) in [7, 11) is 0. The number of hydrogen-bond donors (Lipinski definition) is 3. The van der Waals surface area contributed by atoms with Crippen LogP contribution in [0.2, 0.25) is 0 Å². The van der Waals surface area contributed by atoms with Gasteiger partial charge in [-0.05, 0) is 94.8 Å². The number of rotatable bonds is 29. The van der Waals surface area contributed by atoms with Gasteiger partial charge in [0.2, 0.25) is 17.7 Å². The molecule has 0 bridgehead atoms. The van der Waals surface area contributed by atoms with E-state index in [0.29, 0.717) is 0 Å². The van der Waals surface area contributed by atoms with Crippen LogP contribution in [0.15, 0.2) is 0 Å². The van der Waals surface area contributed by atoms with E-state index < -0.39 is 5.92 Å². The molecule has 0 heterocycles. The van der Waals surface area contributed by atoms with Gasteiger partial charge in [0.25, 0.3) is 0 Å². The van der Waals surface area contributed by atoms with E-state index in [2.05, 4.69) is 36.7 Å². The van der Waals surface area contributed by atoms with E-state index in [4.69, 9.17) is 0 Å². The number of carbonyl (C=O) groups is 3. The van der Waals surface area contributed by atoms with Crippen LogP contribution in [0.25, 0.3) is 0 Å². The van der Waals surface area contributed by atoms with Crippen molar-refractivity contribution in [2.45, 2.75) is 264 Å². The SMILES string of the molecule is CCCCCCCCC1CCC(NC(=O)CC(CC(=O)NC2CCC(CCCCCCCC)CC2)C(=O)NC2CCC(CCCCCCCC)CC2)CC1. The zero-order valence-electron chi connectivity index (χ0n) is 36.0. The first kappa shape index (κ1) is 46.8. The van der Waals surface area contributed by atoms with Gasteiger partial charge < -0.3 is 16.0 Å². The number of unbranched alkanes of at least 4 members (excludes halogenated alkanes) is 15. The normalized spacial score (nSPS) is 25.2. The number of amides is 3. The Bertz CT molecular complexity index is 910. The molecule has 6 heteroatoms. The Morgan fingerprint density at radius 1 is 0.389 bits per heavy atom. The molecule has 3 aliphatic carbocycles. The Labute approximate surface area is 334 Å². The van der Waals surface area contributed by atoms with Crippen molar-refractivity contribution in [2.24, 2.45) is 23.7 Å². The summed E-state index contributed by atoms with van der Waals surface area (Å²) in [5.41, 5.74) is 0. The van der Waals surface area contributed by atoms with Crippen molar-refractivity contribution in [1.29, 1.82) is 0 Å². The van der Waals surface area contributed by atoms with Crippen molar-refractivity contribution < 1.29 is 14.4 Å². The molecule has 0 aromatic heterocycles. The second-order valence-corrected chi connectivity index (χ2v) is 18.6.